The van der Waals surface area contributed by atoms with Crippen LogP contribution in [0.25, 0.3) is 0 Å². The van der Waals surface area contributed by atoms with Gasteiger partial charge in [-0.1, -0.05) is 41.5 Å². The number of rotatable bonds is 6. The average Bonchev–Trinajstić information content (AvgIpc) is 3.03. The maximum absolute atomic E-state index is 2.29. The first-order valence-corrected chi connectivity index (χ1v) is 11.6. The van der Waals surface area contributed by atoms with Gasteiger partial charge < -0.3 is 24.8 Å². The third-order valence-electron chi connectivity index (χ3n) is 3.24. The summed E-state index contributed by atoms with van der Waals surface area (Å²) >= 11 is 0. The zero-order chi connectivity index (χ0) is 14.9. The quantitative estimate of drug-likeness (QED) is 0.461. The van der Waals surface area contributed by atoms with E-state index in [1.54, 1.807) is 0 Å². The zero-order valence-corrected chi connectivity index (χ0v) is 19.9. The number of hydrogen-bond acceptors (Lipinski definition) is 0. The van der Waals surface area contributed by atoms with E-state index in [4.69, 9.17) is 0 Å². The van der Waals surface area contributed by atoms with Crippen LogP contribution in [0.1, 0.15) is 41.5 Å². The van der Waals surface area contributed by atoms with Gasteiger partial charge in [-0.15, -0.1) is 15.8 Å². The molecule has 1 radical (unpaired) electrons. The molecule has 1 aromatic rings. The first-order valence-electron chi connectivity index (χ1n) is 7.81. The maximum atomic E-state index is 2.29. The molecule has 0 saturated carbocycles. The monoisotopic (exact) mass is 422 g/mol. The van der Waals surface area contributed by atoms with Gasteiger partial charge in [-0.3, -0.25) is 0 Å². The van der Waals surface area contributed by atoms with Crippen LogP contribution >= 0.6 is 15.8 Å². The molecule has 0 fully saturated rings. The smallest absolute Gasteiger partial charge is 1.00 e. The first kappa shape index (κ1) is 34.7. The molecule has 133 valence electrons. The summed E-state index contributed by atoms with van der Waals surface area (Å²) in [7, 11) is 0.892. The SMILES string of the molecule is CCP(CC)CC.CCP(CC)CC.[Cl-].[Cl-].[V+2].c1cc[cH-]c1. The van der Waals surface area contributed by atoms with Gasteiger partial charge in [0.2, 0.25) is 0 Å². The fourth-order valence-electron chi connectivity index (χ4n) is 1.66. The number of halogens is 2. The van der Waals surface area contributed by atoms with Gasteiger partial charge in [0, 0.05) is 0 Å². The Kier molecular flexibility index (Phi) is 47.7. The van der Waals surface area contributed by atoms with E-state index in [0.29, 0.717) is 15.8 Å². The largest absolute Gasteiger partial charge is 2.00 e. The third-order valence-corrected chi connectivity index (χ3v) is 8.61. The summed E-state index contributed by atoms with van der Waals surface area (Å²) in [6.07, 6.45) is 8.51. The molecule has 22 heavy (non-hydrogen) atoms. The van der Waals surface area contributed by atoms with Crippen molar-refractivity contribution in [1.82, 2.24) is 0 Å². The Morgan fingerprint density at radius 2 is 0.818 bits per heavy atom. The third kappa shape index (κ3) is 26.3. The topological polar surface area (TPSA) is 0 Å². The van der Waals surface area contributed by atoms with Crippen LogP contribution in [0.2, 0.25) is 0 Å². The van der Waals surface area contributed by atoms with E-state index in [1.165, 1.54) is 37.0 Å². The van der Waals surface area contributed by atoms with E-state index in [0.717, 1.165) is 0 Å². The second kappa shape index (κ2) is 30.3. The van der Waals surface area contributed by atoms with Crippen LogP contribution in [0.5, 0.6) is 0 Å². The summed E-state index contributed by atoms with van der Waals surface area (Å²) in [5.41, 5.74) is 0. The molecule has 0 aliphatic rings. The van der Waals surface area contributed by atoms with Gasteiger partial charge in [0.05, 0.1) is 0 Å². The Morgan fingerprint density at radius 3 is 0.864 bits per heavy atom. The molecule has 0 unspecified atom stereocenters. The molecule has 5 heteroatoms. The summed E-state index contributed by atoms with van der Waals surface area (Å²) in [6, 6.07) is 10.0. The summed E-state index contributed by atoms with van der Waals surface area (Å²) < 4.78 is 0. The van der Waals surface area contributed by atoms with E-state index in [-0.39, 0.29) is 43.4 Å². The molecule has 0 heterocycles. The Morgan fingerprint density at radius 1 is 0.591 bits per heavy atom. The van der Waals surface area contributed by atoms with Crippen molar-refractivity contribution >= 4 is 15.8 Å². The molecule has 0 atom stereocenters. The normalized spacial score (nSPS) is 8.36. The van der Waals surface area contributed by atoms with E-state index >= 15 is 0 Å². The predicted molar refractivity (Wildman–Crippen MR) is 99.1 cm³/mol. The minimum atomic E-state index is 0. The van der Waals surface area contributed by atoms with Gasteiger partial charge in [-0.05, 0) is 37.0 Å². The van der Waals surface area contributed by atoms with Crippen LogP contribution in [0.3, 0.4) is 0 Å². The molecular weight excluding hydrogens is 388 g/mol. The second-order valence-electron chi connectivity index (χ2n) is 4.20. The Balaban J connectivity index is -0.0000000620. The molecule has 1 aromatic carbocycles. The van der Waals surface area contributed by atoms with Crippen molar-refractivity contribution in [3.63, 3.8) is 0 Å². The van der Waals surface area contributed by atoms with E-state index in [2.05, 4.69) is 41.5 Å². The molecular formula is C17H35Cl2P2V-. The van der Waals surface area contributed by atoms with Crippen LogP contribution in [-0.4, -0.2) is 37.0 Å². The maximum Gasteiger partial charge on any atom is 2.00 e. The Labute approximate surface area is 167 Å². The van der Waals surface area contributed by atoms with Crippen LogP contribution < -0.4 is 24.8 Å². The van der Waals surface area contributed by atoms with Crippen molar-refractivity contribution in [2.75, 3.05) is 37.0 Å². The molecule has 1 rings (SSSR count). The molecule has 0 aromatic heterocycles. The molecule has 0 nitrogen and oxygen atoms in total. The molecule has 0 bridgehead atoms. The molecule has 0 aliphatic heterocycles. The van der Waals surface area contributed by atoms with Crippen molar-refractivity contribution < 1.29 is 43.4 Å². The second-order valence-corrected chi connectivity index (χ2v) is 10.7. The molecule has 0 N–H and O–H groups in total. The fraction of sp³-hybridized carbons (Fsp3) is 0.706. The van der Waals surface area contributed by atoms with Gasteiger partial charge in [0.15, 0.2) is 0 Å². The van der Waals surface area contributed by atoms with E-state index in [1.807, 2.05) is 30.3 Å². The molecule has 0 amide bonds. The van der Waals surface area contributed by atoms with Crippen molar-refractivity contribution in [2.24, 2.45) is 0 Å². The van der Waals surface area contributed by atoms with Gasteiger partial charge >= 0.3 is 18.6 Å². The fourth-order valence-corrected chi connectivity index (χ4v) is 4.35. The van der Waals surface area contributed by atoms with Gasteiger partial charge in [0.25, 0.3) is 0 Å². The van der Waals surface area contributed by atoms with Crippen LogP contribution in [-0.2, 0) is 18.6 Å². The van der Waals surface area contributed by atoms with Gasteiger partial charge in [-0.25, -0.2) is 12.1 Å². The molecule has 0 saturated heterocycles. The Hall–Kier alpha value is 1.37. The summed E-state index contributed by atoms with van der Waals surface area (Å²) in [6.45, 7) is 13.7. The van der Waals surface area contributed by atoms with Crippen molar-refractivity contribution in [3.05, 3.63) is 30.3 Å². The zero-order valence-electron chi connectivity index (χ0n) is 15.2. The first-order chi connectivity index (χ1) is 9.19. The summed E-state index contributed by atoms with van der Waals surface area (Å²) in [5.74, 6) is 0. The van der Waals surface area contributed by atoms with Crippen molar-refractivity contribution in [1.29, 1.82) is 0 Å². The van der Waals surface area contributed by atoms with Gasteiger partial charge in [-0.2, -0.15) is 18.2 Å². The predicted octanol–water partition coefficient (Wildman–Crippen LogP) is 0.467. The molecule has 0 aliphatic carbocycles. The van der Waals surface area contributed by atoms with Crippen LogP contribution in [0.4, 0.5) is 0 Å². The summed E-state index contributed by atoms with van der Waals surface area (Å²) in [4.78, 5) is 0. The van der Waals surface area contributed by atoms with Crippen LogP contribution in [0.15, 0.2) is 30.3 Å². The van der Waals surface area contributed by atoms with Crippen LogP contribution in [0, 0.1) is 0 Å². The Bertz CT molecular complexity index is 186. The van der Waals surface area contributed by atoms with Crippen molar-refractivity contribution in [2.45, 2.75) is 41.5 Å². The van der Waals surface area contributed by atoms with E-state index in [9.17, 15) is 0 Å². The van der Waals surface area contributed by atoms with E-state index < -0.39 is 0 Å². The average molecular weight is 423 g/mol. The van der Waals surface area contributed by atoms with Crippen molar-refractivity contribution in [3.8, 4) is 0 Å². The van der Waals surface area contributed by atoms with Gasteiger partial charge in [0.1, 0.15) is 0 Å². The minimum absolute atomic E-state index is 0. The standard InChI is InChI=1S/2C6H15P.C5H5.2ClH.V/c2*1-4-7(5-2)6-3;1-2-4-5-3-1;;;/h2*4-6H2,1-3H3;1-5H;2*1H;/q;;-1;;;+2/p-2. The molecule has 0 spiro atoms. The number of hydrogen-bond donors (Lipinski definition) is 0. The summed E-state index contributed by atoms with van der Waals surface area (Å²) in [5, 5.41) is 0. The minimum Gasteiger partial charge on any atom is -1.00 e.